The largest absolute Gasteiger partial charge is 0.485 e. The first-order valence-corrected chi connectivity index (χ1v) is 10.00. The predicted octanol–water partition coefficient (Wildman–Crippen LogP) is 3.83. The third-order valence-electron chi connectivity index (χ3n) is 5.22. The van der Waals surface area contributed by atoms with Gasteiger partial charge in [-0.05, 0) is 39.0 Å². The maximum Gasteiger partial charge on any atom is 0.343 e. The average Bonchev–Trinajstić information content (AvgIpc) is 3.27. The van der Waals surface area contributed by atoms with Crippen LogP contribution < -0.4 is 10.1 Å². The molecule has 1 N–H and O–H groups in total. The zero-order chi connectivity index (χ0) is 22.2. The molecule has 9 heteroatoms. The van der Waals surface area contributed by atoms with Gasteiger partial charge in [0.2, 0.25) is 0 Å². The number of hydrogen-bond acceptors (Lipinski definition) is 7. The molecule has 0 saturated carbocycles. The number of carbonyl (C=O) groups excluding carboxylic acids is 1. The fraction of sp³-hybridized carbons (Fsp3) is 0.364. The quantitative estimate of drug-likeness (QED) is 0.601. The van der Waals surface area contributed by atoms with E-state index in [1.807, 2.05) is 13.8 Å². The van der Waals surface area contributed by atoms with E-state index in [2.05, 4.69) is 21.5 Å². The molecule has 0 amide bonds. The number of halogens is 1. The Hall–Kier alpha value is -3.67. The monoisotopic (exact) mass is 423 g/mol. The van der Waals surface area contributed by atoms with E-state index in [1.165, 1.54) is 22.8 Å². The zero-order valence-corrected chi connectivity index (χ0v) is 17.5. The molecular formula is C22H22FN5O3. The number of nitrogens with zero attached hydrogens (tertiary/aromatic N) is 4. The van der Waals surface area contributed by atoms with Crippen molar-refractivity contribution in [1.29, 1.82) is 5.26 Å². The summed E-state index contributed by atoms with van der Waals surface area (Å²) in [5.74, 6) is 0.220. The van der Waals surface area contributed by atoms with Crippen molar-refractivity contribution in [2.24, 2.45) is 0 Å². The highest BCUT2D eigenvalue weighted by Crippen LogP contribution is 2.42. The van der Waals surface area contributed by atoms with E-state index in [0.29, 0.717) is 29.2 Å². The molecule has 0 saturated heterocycles. The van der Waals surface area contributed by atoms with E-state index in [1.54, 1.807) is 19.2 Å². The Labute approximate surface area is 178 Å². The van der Waals surface area contributed by atoms with Crippen LogP contribution >= 0.6 is 0 Å². The van der Waals surface area contributed by atoms with E-state index in [-0.39, 0.29) is 30.5 Å². The van der Waals surface area contributed by atoms with Gasteiger partial charge in [0.15, 0.2) is 5.65 Å². The number of benzene rings is 1. The molecule has 0 bridgehead atoms. The molecule has 0 radical (unpaired) electrons. The van der Waals surface area contributed by atoms with Crippen molar-refractivity contribution in [3.05, 3.63) is 53.1 Å². The van der Waals surface area contributed by atoms with Crippen molar-refractivity contribution < 1.29 is 18.7 Å². The molecule has 4 rings (SSSR count). The summed E-state index contributed by atoms with van der Waals surface area (Å²) in [5.41, 5.74) is 1.32. The zero-order valence-electron chi connectivity index (χ0n) is 17.5. The van der Waals surface area contributed by atoms with Gasteiger partial charge in [-0.2, -0.15) is 10.4 Å². The number of hydrogen-bond donors (Lipinski definition) is 1. The second-order valence-electron chi connectivity index (χ2n) is 7.77. The molecule has 0 aliphatic carbocycles. The molecule has 1 aliphatic rings. The smallest absolute Gasteiger partial charge is 0.343 e. The molecule has 8 nitrogen and oxygen atoms in total. The van der Waals surface area contributed by atoms with Gasteiger partial charge in [0, 0.05) is 23.7 Å². The molecule has 1 aliphatic heterocycles. The van der Waals surface area contributed by atoms with Crippen LogP contribution in [0.5, 0.6) is 5.75 Å². The fourth-order valence-corrected chi connectivity index (χ4v) is 3.80. The average molecular weight is 423 g/mol. The van der Waals surface area contributed by atoms with Gasteiger partial charge >= 0.3 is 5.97 Å². The molecule has 2 aromatic heterocycles. The van der Waals surface area contributed by atoms with Crippen LogP contribution in [0.15, 0.2) is 30.6 Å². The molecule has 0 spiro atoms. The van der Waals surface area contributed by atoms with Gasteiger partial charge in [-0.3, -0.25) is 0 Å². The molecule has 31 heavy (non-hydrogen) atoms. The molecule has 3 aromatic rings. The summed E-state index contributed by atoms with van der Waals surface area (Å²) >= 11 is 0. The number of ether oxygens (including phenoxy) is 2. The van der Waals surface area contributed by atoms with Crippen molar-refractivity contribution in [3.8, 4) is 11.8 Å². The molecule has 0 fully saturated rings. The SMILES string of the molecule is CCOC(=O)c1cnn2ccc(N[C@H](C)c3cc(F)cc4c3OC(C)(CC#N)C4)nc12. The van der Waals surface area contributed by atoms with E-state index < -0.39 is 11.6 Å². The van der Waals surface area contributed by atoms with Crippen molar-refractivity contribution in [1.82, 2.24) is 14.6 Å². The number of rotatable bonds is 6. The first-order chi connectivity index (χ1) is 14.8. The number of carbonyl (C=O) groups is 1. The molecule has 1 unspecified atom stereocenters. The van der Waals surface area contributed by atoms with Crippen LogP contribution in [0.2, 0.25) is 0 Å². The second kappa shape index (κ2) is 7.87. The highest BCUT2D eigenvalue weighted by atomic mass is 19.1. The Morgan fingerprint density at radius 1 is 1.52 bits per heavy atom. The van der Waals surface area contributed by atoms with Gasteiger partial charge in [0.1, 0.15) is 28.5 Å². The normalized spacial score (nSPS) is 18.2. The third-order valence-corrected chi connectivity index (χ3v) is 5.22. The van der Waals surface area contributed by atoms with Crippen LogP contribution in [0.3, 0.4) is 0 Å². The predicted molar refractivity (Wildman–Crippen MR) is 110 cm³/mol. The van der Waals surface area contributed by atoms with Gasteiger partial charge in [0.05, 0.1) is 31.3 Å². The number of nitriles is 1. The first-order valence-electron chi connectivity index (χ1n) is 10.00. The van der Waals surface area contributed by atoms with E-state index in [4.69, 9.17) is 14.7 Å². The maximum absolute atomic E-state index is 14.3. The summed E-state index contributed by atoms with van der Waals surface area (Å²) in [5, 5.41) is 16.5. The Kier molecular flexibility index (Phi) is 5.23. The number of esters is 1. The summed E-state index contributed by atoms with van der Waals surface area (Å²) < 4.78 is 26.9. The minimum atomic E-state index is -0.678. The summed E-state index contributed by atoms with van der Waals surface area (Å²) in [7, 11) is 0. The summed E-state index contributed by atoms with van der Waals surface area (Å²) in [4.78, 5) is 16.6. The van der Waals surface area contributed by atoms with Crippen molar-refractivity contribution in [3.63, 3.8) is 0 Å². The molecule has 1 aromatic carbocycles. The van der Waals surface area contributed by atoms with E-state index >= 15 is 0 Å². The fourth-order valence-electron chi connectivity index (χ4n) is 3.80. The van der Waals surface area contributed by atoms with Crippen LogP contribution in [-0.4, -0.2) is 32.8 Å². The van der Waals surface area contributed by atoms with Gasteiger partial charge < -0.3 is 14.8 Å². The van der Waals surface area contributed by atoms with Crippen LogP contribution in [-0.2, 0) is 11.2 Å². The Morgan fingerprint density at radius 3 is 3.06 bits per heavy atom. The number of fused-ring (bicyclic) bond motifs is 2. The van der Waals surface area contributed by atoms with Gasteiger partial charge in [-0.25, -0.2) is 18.7 Å². The maximum atomic E-state index is 14.3. The lowest BCUT2D eigenvalue weighted by molar-refractivity contribution is 0.0528. The van der Waals surface area contributed by atoms with Gasteiger partial charge in [0.25, 0.3) is 0 Å². The minimum Gasteiger partial charge on any atom is -0.485 e. The third kappa shape index (κ3) is 3.89. The van der Waals surface area contributed by atoms with Crippen LogP contribution in [0.25, 0.3) is 5.65 Å². The molecule has 3 heterocycles. The minimum absolute atomic E-state index is 0.209. The number of anilines is 1. The van der Waals surface area contributed by atoms with Crippen LogP contribution in [0.4, 0.5) is 10.2 Å². The summed E-state index contributed by atoms with van der Waals surface area (Å²) in [6.07, 6.45) is 3.77. The van der Waals surface area contributed by atoms with Gasteiger partial charge in [-0.15, -0.1) is 0 Å². The van der Waals surface area contributed by atoms with E-state index in [0.717, 1.165) is 5.56 Å². The highest BCUT2D eigenvalue weighted by molar-refractivity contribution is 5.95. The highest BCUT2D eigenvalue weighted by Gasteiger charge is 2.37. The Balaban J connectivity index is 1.63. The van der Waals surface area contributed by atoms with Crippen molar-refractivity contribution in [2.45, 2.75) is 45.3 Å². The van der Waals surface area contributed by atoms with Gasteiger partial charge in [-0.1, -0.05) is 0 Å². The van der Waals surface area contributed by atoms with Crippen LogP contribution in [0, 0.1) is 17.1 Å². The molecule has 160 valence electrons. The Morgan fingerprint density at radius 2 is 2.32 bits per heavy atom. The lowest BCUT2D eigenvalue weighted by Gasteiger charge is -2.23. The number of nitrogens with one attached hydrogen (secondary N) is 1. The summed E-state index contributed by atoms with van der Waals surface area (Å²) in [6.45, 7) is 5.70. The lowest BCUT2D eigenvalue weighted by Crippen LogP contribution is -2.29. The van der Waals surface area contributed by atoms with Crippen molar-refractivity contribution in [2.75, 3.05) is 11.9 Å². The topological polar surface area (TPSA) is 102 Å². The molecule has 2 atom stereocenters. The standard InChI is InChI=1S/C22H22FN5O3/c1-4-30-21(29)17-12-25-28-8-5-18(27-20(17)28)26-13(2)16-10-15(23)9-14-11-22(3,6-7-24)31-19(14)16/h5,8-10,12-13H,4,6,11H2,1-3H3,(H,26,27)/t13-,22?/m1/s1. The lowest BCUT2D eigenvalue weighted by atomic mass is 9.95. The second-order valence-corrected chi connectivity index (χ2v) is 7.77. The van der Waals surface area contributed by atoms with Crippen molar-refractivity contribution >= 4 is 17.4 Å². The number of aromatic nitrogens is 3. The molecular weight excluding hydrogens is 401 g/mol. The first kappa shape index (κ1) is 20.6. The van der Waals surface area contributed by atoms with Crippen LogP contribution in [0.1, 0.15) is 54.7 Å². The van der Waals surface area contributed by atoms with E-state index in [9.17, 15) is 9.18 Å². The summed E-state index contributed by atoms with van der Waals surface area (Å²) in [6, 6.07) is 6.38. The Bertz CT molecular complexity index is 1200.